The number of fused-ring (bicyclic) bond motifs is 1. The molecule has 0 spiro atoms. The number of amides is 1. The minimum atomic E-state index is -4.38. The van der Waals surface area contributed by atoms with E-state index in [0.29, 0.717) is 30.2 Å². The number of halogens is 3. The molecule has 2 aliphatic heterocycles. The monoisotopic (exact) mass is 410 g/mol. The van der Waals surface area contributed by atoms with Crippen LogP contribution in [0, 0.1) is 5.92 Å². The SMILES string of the molecule is CC(C)[C@@H]1C[C@H](C(F)(F)F)n2nc(C3CCCN3C(=O)c3ccnn3C)cc2N1. The number of anilines is 1. The van der Waals surface area contributed by atoms with Crippen molar-refractivity contribution in [3.63, 3.8) is 0 Å². The second-order valence-corrected chi connectivity index (χ2v) is 8.18. The number of carbonyl (C=O) groups excluding carboxylic acids is 1. The van der Waals surface area contributed by atoms with Crippen LogP contribution in [0.3, 0.4) is 0 Å². The molecule has 0 saturated carbocycles. The molecule has 4 rings (SSSR count). The van der Waals surface area contributed by atoms with Crippen LogP contribution in [-0.2, 0) is 7.05 Å². The lowest BCUT2D eigenvalue weighted by atomic mass is 9.94. The number of alkyl halides is 3. The summed E-state index contributed by atoms with van der Waals surface area (Å²) in [6, 6.07) is 1.03. The average molecular weight is 410 g/mol. The van der Waals surface area contributed by atoms with Gasteiger partial charge in [0.05, 0.1) is 11.7 Å². The first-order chi connectivity index (χ1) is 13.7. The topological polar surface area (TPSA) is 68.0 Å². The molecule has 2 aromatic heterocycles. The fourth-order valence-electron chi connectivity index (χ4n) is 4.27. The van der Waals surface area contributed by atoms with E-state index < -0.39 is 12.2 Å². The third kappa shape index (κ3) is 3.49. The molecule has 2 aliphatic rings. The Morgan fingerprint density at radius 2 is 2.10 bits per heavy atom. The molecular weight excluding hydrogens is 385 g/mol. The van der Waals surface area contributed by atoms with E-state index in [1.165, 1.54) is 4.68 Å². The standard InChI is InChI=1S/C19H25F3N6O/c1-11(2)12-9-16(19(20,21)22)28-17(24-12)10-13(25-28)14-5-4-8-27(14)18(29)15-6-7-23-26(15)3/h6-7,10-12,14,16,24H,4-5,8-9H2,1-3H3/t12-,14?,16+/m0/s1. The summed E-state index contributed by atoms with van der Waals surface area (Å²) < 4.78 is 43.7. The van der Waals surface area contributed by atoms with Crippen molar-refractivity contribution in [1.29, 1.82) is 0 Å². The maximum atomic E-state index is 13.7. The van der Waals surface area contributed by atoms with E-state index >= 15 is 0 Å². The van der Waals surface area contributed by atoms with Gasteiger partial charge in [-0.25, -0.2) is 4.68 Å². The third-order valence-corrected chi connectivity index (χ3v) is 5.94. The molecule has 1 saturated heterocycles. The predicted octanol–water partition coefficient (Wildman–Crippen LogP) is 3.54. The highest BCUT2D eigenvalue weighted by atomic mass is 19.4. The van der Waals surface area contributed by atoms with Gasteiger partial charge >= 0.3 is 6.18 Å². The van der Waals surface area contributed by atoms with E-state index in [-0.39, 0.29) is 30.3 Å². The van der Waals surface area contributed by atoms with Gasteiger partial charge in [-0.15, -0.1) is 0 Å². The molecule has 1 unspecified atom stereocenters. The lowest BCUT2D eigenvalue weighted by molar-refractivity contribution is -0.174. The molecule has 7 nitrogen and oxygen atoms in total. The van der Waals surface area contributed by atoms with Gasteiger partial charge in [0, 0.05) is 31.9 Å². The molecule has 2 aromatic rings. The number of rotatable bonds is 3. The predicted molar refractivity (Wildman–Crippen MR) is 100 cm³/mol. The smallest absolute Gasteiger partial charge is 0.367 e. The van der Waals surface area contributed by atoms with Gasteiger partial charge in [-0.2, -0.15) is 23.4 Å². The van der Waals surface area contributed by atoms with E-state index in [0.717, 1.165) is 11.1 Å². The molecule has 0 radical (unpaired) electrons. The van der Waals surface area contributed by atoms with Gasteiger partial charge in [-0.1, -0.05) is 13.8 Å². The van der Waals surface area contributed by atoms with E-state index in [2.05, 4.69) is 15.5 Å². The van der Waals surface area contributed by atoms with Crippen LogP contribution in [0.5, 0.6) is 0 Å². The number of hydrogen-bond donors (Lipinski definition) is 1. The maximum Gasteiger partial charge on any atom is 0.410 e. The minimum absolute atomic E-state index is 0.0568. The number of nitrogens with zero attached hydrogens (tertiary/aromatic N) is 5. The highest BCUT2D eigenvalue weighted by Crippen LogP contribution is 2.42. The zero-order valence-electron chi connectivity index (χ0n) is 16.6. The van der Waals surface area contributed by atoms with Gasteiger partial charge in [0.2, 0.25) is 0 Å². The van der Waals surface area contributed by atoms with Crippen LogP contribution in [0.4, 0.5) is 19.0 Å². The van der Waals surface area contributed by atoms with Crippen molar-refractivity contribution < 1.29 is 18.0 Å². The van der Waals surface area contributed by atoms with E-state index in [1.54, 1.807) is 30.3 Å². The lowest BCUT2D eigenvalue weighted by Crippen LogP contribution is -2.41. The van der Waals surface area contributed by atoms with Gasteiger partial charge in [-0.05, 0) is 31.2 Å². The van der Waals surface area contributed by atoms with Crippen molar-refractivity contribution in [2.24, 2.45) is 13.0 Å². The van der Waals surface area contributed by atoms with Crippen molar-refractivity contribution in [2.75, 3.05) is 11.9 Å². The molecular formula is C19H25F3N6O. The molecule has 0 bridgehead atoms. The van der Waals surface area contributed by atoms with Crippen LogP contribution in [0.2, 0.25) is 0 Å². The summed E-state index contributed by atoms with van der Waals surface area (Å²) in [6.45, 7) is 4.36. The molecule has 0 aromatic carbocycles. The molecule has 10 heteroatoms. The van der Waals surface area contributed by atoms with Crippen molar-refractivity contribution in [2.45, 2.75) is 57.4 Å². The Labute approximate surface area is 166 Å². The van der Waals surface area contributed by atoms with E-state index in [1.807, 2.05) is 13.8 Å². The summed E-state index contributed by atoms with van der Waals surface area (Å²) in [4.78, 5) is 14.6. The summed E-state index contributed by atoms with van der Waals surface area (Å²) >= 11 is 0. The second kappa shape index (κ2) is 7.07. The third-order valence-electron chi connectivity index (χ3n) is 5.94. The summed E-state index contributed by atoms with van der Waals surface area (Å²) in [5.74, 6) is 0.243. The number of nitrogens with one attached hydrogen (secondary N) is 1. The maximum absolute atomic E-state index is 13.7. The van der Waals surface area contributed by atoms with Gasteiger partial charge in [0.1, 0.15) is 11.5 Å². The Morgan fingerprint density at radius 3 is 2.72 bits per heavy atom. The minimum Gasteiger partial charge on any atom is -0.367 e. The fourth-order valence-corrected chi connectivity index (χ4v) is 4.27. The summed E-state index contributed by atoms with van der Waals surface area (Å²) in [5, 5.41) is 11.6. The second-order valence-electron chi connectivity index (χ2n) is 8.18. The first-order valence-corrected chi connectivity index (χ1v) is 9.88. The lowest BCUT2D eigenvalue weighted by Gasteiger charge is -2.35. The molecule has 4 heterocycles. The van der Waals surface area contributed by atoms with Crippen LogP contribution >= 0.6 is 0 Å². The molecule has 158 valence electrons. The zero-order valence-corrected chi connectivity index (χ0v) is 16.6. The van der Waals surface area contributed by atoms with Gasteiger partial charge in [-0.3, -0.25) is 9.48 Å². The van der Waals surface area contributed by atoms with Gasteiger partial charge in [0.25, 0.3) is 5.91 Å². The first kappa shape index (κ1) is 19.8. The first-order valence-electron chi connectivity index (χ1n) is 9.88. The Balaban J connectivity index is 1.66. The fraction of sp³-hybridized carbons (Fsp3) is 0.632. The van der Waals surface area contributed by atoms with Crippen molar-refractivity contribution in [1.82, 2.24) is 24.5 Å². The van der Waals surface area contributed by atoms with Crippen LogP contribution in [0.25, 0.3) is 0 Å². The number of carbonyl (C=O) groups is 1. The van der Waals surface area contributed by atoms with Crippen molar-refractivity contribution in [3.05, 3.63) is 29.7 Å². The normalized spacial score (nSPS) is 24.7. The summed E-state index contributed by atoms with van der Waals surface area (Å²) in [7, 11) is 1.69. The zero-order chi connectivity index (χ0) is 20.9. The summed E-state index contributed by atoms with van der Waals surface area (Å²) in [6.07, 6.45) is -1.44. The van der Waals surface area contributed by atoms with Crippen LogP contribution in [0.15, 0.2) is 18.3 Å². The molecule has 0 aliphatic carbocycles. The molecule has 29 heavy (non-hydrogen) atoms. The molecule has 1 N–H and O–H groups in total. The Kier molecular flexibility index (Phi) is 4.82. The largest absolute Gasteiger partial charge is 0.410 e. The molecule has 1 fully saturated rings. The Bertz CT molecular complexity index is 902. The molecule has 3 atom stereocenters. The van der Waals surface area contributed by atoms with Crippen LogP contribution < -0.4 is 5.32 Å². The quantitative estimate of drug-likeness (QED) is 0.841. The summed E-state index contributed by atoms with van der Waals surface area (Å²) in [5.41, 5.74) is 0.950. The van der Waals surface area contributed by atoms with Gasteiger partial charge in [0.15, 0.2) is 6.04 Å². The van der Waals surface area contributed by atoms with Crippen molar-refractivity contribution in [3.8, 4) is 0 Å². The number of likely N-dealkylation sites (tertiary alicyclic amines) is 1. The Morgan fingerprint density at radius 1 is 1.34 bits per heavy atom. The number of aryl methyl sites for hydroxylation is 1. The van der Waals surface area contributed by atoms with Gasteiger partial charge < -0.3 is 10.2 Å². The highest BCUT2D eigenvalue weighted by Gasteiger charge is 2.47. The van der Waals surface area contributed by atoms with E-state index in [9.17, 15) is 18.0 Å². The Hall–Kier alpha value is -2.52. The van der Waals surface area contributed by atoms with E-state index in [4.69, 9.17) is 0 Å². The number of aromatic nitrogens is 4. The molecule has 1 amide bonds. The van der Waals surface area contributed by atoms with Crippen LogP contribution in [0.1, 0.15) is 61.4 Å². The van der Waals surface area contributed by atoms with Crippen molar-refractivity contribution >= 4 is 11.7 Å². The van der Waals surface area contributed by atoms with Crippen LogP contribution in [-0.4, -0.2) is 49.1 Å². The average Bonchev–Trinajstić information content (AvgIpc) is 3.37. The number of hydrogen-bond acceptors (Lipinski definition) is 4. The highest BCUT2D eigenvalue weighted by molar-refractivity contribution is 5.93.